The van der Waals surface area contributed by atoms with Crippen LogP contribution in [0.1, 0.15) is 59.7 Å². The highest BCUT2D eigenvalue weighted by Crippen LogP contribution is 2.31. The lowest BCUT2D eigenvalue weighted by molar-refractivity contribution is -0.140. The minimum absolute atomic E-state index is 0.0640. The molecule has 7 nitrogen and oxygen atoms in total. The van der Waals surface area contributed by atoms with Gasteiger partial charge in [0.2, 0.25) is 0 Å². The van der Waals surface area contributed by atoms with Crippen molar-refractivity contribution in [3.8, 4) is 23.0 Å². The Balaban J connectivity index is 1.27. The van der Waals surface area contributed by atoms with Crippen LogP contribution >= 0.6 is 0 Å². The third-order valence-corrected chi connectivity index (χ3v) is 6.64. The minimum atomic E-state index is -0.557. The zero-order valence-electron chi connectivity index (χ0n) is 21.0. The van der Waals surface area contributed by atoms with Crippen LogP contribution in [0.25, 0.3) is 0 Å². The second-order valence-corrected chi connectivity index (χ2v) is 9.05. The predicted octanol–water partition coefficient (Wildman–Crippen LogP) is 6.26. The molecule has 0 atom stereocenters. The van der Waals surface area contributed by atoms with Gasteiger partial charge in [0.25, 0.3) is 0 Å². The second-order valence-electron chi connectivity index (χ2n) is 9.05. The molecule has 0 aromatic heterocycles. The lowest BCUT2D eigenvalue weighted by Crippen LogP contribution is -2.25. The SMILES string of the molecule is CCC1CCC(C(=O)Oc2ccc(C(=O)Oc3ccc(OC(=O)c4ccc(OC)cc4)cc3)cc2)CC1. The lowest BCUT2D eigenvalue weighted by atomic mass is 9.81. The molecule has 0 amide bonds. The molecule has 1 aliphatic carbocycles. The molecule has 0 spiro atoms. The van der Waals surface area contributed by atoms with Crippen molar-refractivity contribution in [1.29, 1.82) is 0 Å². The van der Waals surface area contributed by atoms with Crippen LogP contribution in [0.4, 0.5) is 0 Å². The topological polar surface area (TPSA) is 88.1 Å². The van der Waals surface area contributed by atoms with E-state index >= 15 is 0 Å². The minimum Gasteiger partial charge on any atom is -0.497 e. The van der Waals surface area contributed by atoms with Crippen LogP contribution in [0.15, 0.2) is 72.8 Å². The van der Waals surface area contributed by atoms with E-state index in [1.165, 1.54) is 12.1 Å². The van der Waals surface area contributed by atoms with Gasteiger partial charge in [0.1, 0.15) is 23.0 Å². The quantitative estimate of drug-likeness (QED) is 0.265. The highest BCUT2D eigenvalue weighted by atomic mass is 16.5. The van der Waals surface area contributed by atoms with Crippen LogP contribution in [-0.4, -0.2) is 25.0 Å². The normalized spacial score (nSPS) is 16.9. The first-order valence-corrected chi connectivity index (χ1v) is 12.5. The fourth-order valence-corrected chi connectivity index (χ4v) is 4.30. The average molecular weight is 503 g/mol. The van der Waals surface area contributed by atoms with Gasteiger partial charge < -0.3 is 18.9 Å². The van der Waals surface area contributed by atoms with E-state index < -0.39 is 11.9 Å². The zero-order chi connectivity index (χ0) is 26.2. The third-order valence-electron chi connectivity index (χ3n) is 6.64. The summed E-state index contributed by atoms with van der Waals surface area (Å²) in [6, 6.07) is 19.0. The van der Waals surface area contributed by atoms with Crippen LogP contribution in [0, 0.1) is 11.8 Å². The van der Waals surface area contributed by atoms with E-state index in [9.17, 15) is 14.4 Å². The highest BCUT2D eigenvalue weighted by molar-refractivity contribution is 5.92. The number of esters is 3. The van der Waals surface area contributed by atoms with Crippen LogP contribution in [0.2, 0.25) is 0 Å². The molecule has 0 N–H and O–H groups in total. The summed E-state index contributed by atoms with van der Waals surface area (Å²) >= 11 is 0. The summed E-state index contributed by atoms with van der Waals surface area (Å²) in [7, 11) is 1.55. The van der Waals surface area contributed by atoms with Gasteiger partial charge in [-0.3, -0.25) is 4.79 Å². The Labute approximate surface area is 216 Å². The Morgan fingerprint density at radius 2 is 1.03 bits per heavy atom. The molecule has 3 aromatic carbocycles. The number of methoxy groups -OCH3 is 1. The maximum Gasteiger partial charge on any atom is 0.343 e. The van der Waals surface area contributed by atoms with E-state index in [0.29, 0.717) is 40.0 Å². The number of carbonyl (C=O) groups excluding carboxylic acids is 3. The summed E-state index contributed by atoms with van der Waals surface area (Å²) in [5.74, 6) is 1.02. The molecule has 0 radical (unpaired) electrons. The molecular weight excluding hydrogens is 472 g/mol. The number of benzene rings is 3. The molecule has 1 saturated carbocycles. The smallest absolute Gasteiger partial charge is 0.343 e. The molecule has 0 saturated heterocycles. The zero-order valence-corrected chi connectivity index (χ0v) is 21.0. The summed E-state index contributed by atoms with van der Waals surface area (Å²) in [4.78, 5) is 37.3. The van der Waals surface area contributed by atoms with Crippen molar-refractivity contribution < 1.29 is 33.3 Å². The molecule has 192 valence electrons. The van der Waals surface area contributed by atoms with Crippen molar-refractivity contribution in [2.75, 3.05) is 7.11 Å². The molecule has 7 heteroatoms. The standard InChI is InChI=1S/C30H30O7/c1-3-20-4-6-21(7-5-20)28(31)35-25-14-10-23(11-15-25)30(33)37-27-18-16-26(17-19-27)36-29(32)22-8-12-24(34-2)13-9-22/h8-21H,3-7H2,1-2H3. The van der Waals surface area contributed by atoms with Crippen molar-refractivity contribution in [3.05, 3.63) is 83.9 Å². The summed E-state index contributed by atoms with van der Waals surface area (Å²) < 4.78 is 21.4. The molecule has 37 heavy (non-hydrogen) atoms. The summed E-state index contributed by atoms with van der Waals surface area (Å²) in [6.07, 6.45) is 5.00. The van der Waals surface area contributed by atoms with E-state index in [2.05, 4.69) is 6.92 Å². The van der Waals surface area contributed by atoms with Crippen LogP contribution < -0.4 is 18.9 Å². The Bertz CT molecular complexity index is 1210. The van der Waals surface area contributed by atoms with Gasteiger partial charge in [-0.25, -0.2) is 9.59 Å². The van der Waals surface area contributed by atoms with Gasteiger partial charge in [-0.1, -0.05) is 13.3 Å². The van der Waals surface area contributed by atoms with Gasteiger partial charge in [0.05, 0.1) is 24.2 Å². The Kier molecular flexibility index (Phi) is 8.56. The second kappa shape index (κ2) is 12.2. The lowest BCUT2D eigenvalue weighted by Gasteiger charge is -2.26. The largest absolute Gasteiger partial charge is 0.497 e. The fraction of sp³-hybridized carbons (Fsp3) is 0.300. The molecular formula is C30H30O7. The van der Waals surface area contributed by atoms with Crippen LogP contribution in [0.3, 0.4) is 0 Å². The number of hydrogen-bond donors (Lipinski definition) is 0. The van der Waals surface area contributed by atoms with Crippen LogP contribution in [-0.2, 0) is 4.79 Å². The Morgan fingerprint density at radius 3 is 1.46 bits per heavy atom. The predicted molar refractivity (Wildman–Crippen MR) is 137 cm³/mol. The number of hydrogen-bond acceptors (Lipinski definition) is 7. The average Bonchev–Trinajstić information content (AvgIpc) is 2.94. The maximum atomic E-state index is 12.5. The molecule has 0 heterocycles. The molecule has 3 aromatic rings. The van der Waals surface area contributed by atoms with E-state index in [1.54, 1.807) is 67.8 Å². The molecule has 4 rings (SSSR count). The van der Waals surface area contributed by atoms with Crippen molar-refractivity contribution in [2.45, 2.75) is 39.0 Å². The molecule has 0 unspecified atom stereocenters. The van der Waals surface area contributed by atoms with Crippen molar-refractivity contribution in [3.63, 3.8) is 0 Å². The first-order valence-electron chi connectivity index (χ1n) is 12.5. The van der Waals surface area contributed by atoms with Gasteiger partial charge in [-0.05, 0) is 104 Å². The van der Waals surface area contributed by atoms with E-state index in [-0.39, 0.29) is 11.9 Å². The first-order chi connectivity index (χ1) is 17.9. The number of carbonyl (C=O) groups is 3. The first kappa shape index (κ1) is 25.9. The number of rotatable bonds is 8. The van der Waals surface area contributed by atoms with E-state index in [1.807, 2.05) is 0 Å². The monoisotopic (exact) mass is 502 g/mol. The Morgan fingerprint density at radius 1 is 0.622 bits per heavy atom. The van der Waals surface area contributed by atoms with Gasteiger partial charge in [-0.15, -0.1) is 0 Å². The summed E-state index contributed by atoms with van der Waals surface area (Å²) in [5, 5.41) is 0. The van der Waals surface area contributed by atoms with Crippen LogP contribution in [0.5, 0.6) is 23.0 Å². The maximum absolute atomic E-state index is 12.5. The van der Waals surface area contributed by atoms with Crippen molar-refractivity contribution in [2.24, 2.45) is 11.8 Å². The van der Waals surface area contributed by atoms with Gasteiger partial charge in [0, 0.05) is 0 Å². The fourth-order valence-electron chi connectivity index (χ4n) is 4.30. The van der Waals surface area contributed by atoms with E-state index in [4.69, 9.17) is 18.9 Å². The van der Waals surface area contributed by atoms with Crippen molar-refractivity contribution in [1.82, 2.24) is 0 Å². The van der Waals surface area contributed by atoms with E-state index in [0.717, 1.165) is 32.1 Å². The highest BCUT2D eigenvalue weighted by Gasteiger charge is 2.27. The molecule has 1 fully saturated rings. The summed E-state index contributed by atoms with van der Waals surface area (Å²) in [6.45, 7) is 2.19. The van der Waals surface area contributed by atoms with Gasteiger partial charge >= 0.3 is 17.9 Å². The molecule has 1 aliphatic rings. The third kappa shape index (κ3) is 6.97. The Hall–Kier alpha value is -4.13. The summed E-state index contributed by atoms with van der Waals surface area (Å²) in [5.41, 5.74) is 0.701. The number of ether oxygens (including phenoxy) is 4. The molecule has 0 aliphatic heterocycles. The molecule has 0 bridgehead atoms. The van der Waals surface area contributed by atoms with Gasteiger partial charge in [-0.2, -0.15) is 0 Å². The van der Waals surface area contributed by atoms with Gasteiger partial charge in [0.15, 0.2) is 0 Å². The van der Waals surface area contributed by atoms with Crippen molar-refractivity contribution >= 4 is 17.9 Å².